The number of rotatable bonds is 2. The van der Waals surface area contributed by atoms with Gasteiger partial charge in [0.2, 0.25) is 5.91 Å². The van der Waals surface area contributed by atoms with Gasteiger partial charge in [-0.05, 0) is 31.6 Å². The molecule has 0 bridgehead atoms. The van der Waals surface area contributed by atoms with Crippen molar-refractivity contribution >= 4 is 5.91 Å². The Bertz CT molecular complexity index is 464. The van der Waals surface area contributed by atoms with Crippen LogP contribution in [-0.4, -0.2) is 38.9 Å². The van der Waals surface area contributed by atoms with Gasteiger partial charge in [0.15, 0.2) is 0 Å². The topological polar surface area (TPSA) is 51.0 Å². The number of aromatic nitrogens is 3. The summed E-state index contributed by atoms with van der Waals surface area (Å²) < 4.78 is 1.83. The van der Waals surface area contributed by atoms with Gasteiger partial charge in [-0.3, -0.25) is 4.79 Å². The van der Waals surface area contributed by atoms with E-state index < -0.39 is 0 Å². The largest absolute Gasteiger partial charge is 0.335 e. The van der Waals surface area contributed by atoms with Crippen molar-refractivity contribution in [3.05, 3.63) is 24.0 Å². The summed E-state index contributed by atoms with van der Waals surface area (Å²) in [5, 5.41) is 7.76. The second kappa shape index (κ2) is 5.15. The number of amides is 1. The predicted octanol–water partition coefficient (Wildman–Crippen LogP) is 1.80. The van der Waals surface area contributed by atoms with Crippen LogP contribution in [0.3, 0.4) is 0 Å². The van der Waals surface area contributed by atoms with Crippen LogP contribution in [0.2, 0.25) is 0 Å². The summed E-state index contributed by atoms with van der Waals surface area (Å²) in [4.78, 5) is 14.0. The van der Waals surface area contributed by atoms with Gasteiger partial charge in [-0.25, -0.2) is 4.68 Å². The SMILES string of the molecule is CC1CCC(=CC(=O)N2CC(n3ccnn3)C2)CC1. The Kier molecular flexibility index (Phi) is 3.36. The summed E-state index contributed by atoms with van der Waals surface area (Å²) in [5.74, 6) is 0.980. The van der Waals surface area contributed by atoms with Crippen molar-refractivity contribution in [2.75, 3.05) is 13.1 Å². The van der Waals surface area contributed by atoms with Crippen molar-refractivity contribution in [2.45, 2.75) is 38.6 Å². The van der Waals surface area contributed by atoms with E-state index in [1.54, 1.807) is 6.20 Å². The molecule has 2 heterocycles. The van der Waals surface area contributed by atoms with Crippen LogP contribution in [0.4, 0.5) is 0 Å². The predicted molar refractivity (Wildman–Crippen MR) is 71.4 cm³/mol. The summed E-state index contributed by atoms with van der Waals surface area (Å²) in [6.45, 7) is 3.79. The molecule has 0 spiro atoms. The highest BCUT2D eigenvalue weighted by Crippen LogP contribution is 2.28. The van der Waals surface area contributed by atoms with Gasteiger partial charge in [0, 0.05) is 25.4 Å². The summed E-state index contributed by atoms with van der Waals surface area (Å²) in [6, 6.07) is 0.302. The van der Waals surface area contributed by atoms with Gasteiger partial charge in [-0.1, -0.05) is 17.7 Å². The Morgan fingerprint density at radius 1 is 1.37 bits per heavy atom. The fourth-order valence-corrected chi connectivity index (χ4v) is 2.76. The number of allylic oxidation sites excluding steroid dienone is 1. The summed E-state index contributed by atoms with van der Waals surface area (Å²) in [5.41, 5.74) is 1.33. The first-order valence-electron chi connectivity index (χ1n) is 7.06. The minimum atomic E-state index is 0.168. The van der Waals surface area contributed by atoms with Crippen molar-refractivity contribution in [3.8, 4) is 0 Å². The van der Waals surface area contributed by atoms with E-state index in [0.29, 0.717) is 6.04 Å². The van der Waals surface area contributed by atoms with E-state index >= 15 is 0 Å². The molecule has 1 aromatic heterocycles. The molecule has 2 aliphatic rings. The zero-order valence-corrected chi connectivity index (χ0v) is 11.3. The third-order valence-electron chi connectivity index (χ3n) is 4.23. The minimum Gasteiger partial charge on any atom is -0.335 e. The number of nitrogens with zero attached hydrogens (tertiary/aromatic N) is 4. The Hall–Kier alpha value is -1.65. The first-order chi connectivity index (χ1) is 9.22. The third-order valence-corrected chi connectivity index (χ3v) is 4.23. The Morgan fingerprint density at radius 2 is 2.11 bits per heavy atom. The summed E-state index contributed by atoms with van der Waals surface area (Å²) in [7, 11) is 0. The molecule has 5 heteroatoms. The van der Waals surface area contributed by atoms with Crippen LogP contribution in [0, 0.1) is 5.92 Å². The molecule has 1 saturated carbocycles. The van der Waals surface area contributed by atoms with E-state index in [1.807, 2.05) is 21.9 Å². The van der Waals surface area contributed by atoms with E-state index in [9.17, 15) is 4.79 Å². The van der Waals surface area contributed by atoms with Gasteiger partial charge in [0.1, 0.15) is 0 Å². The Morgan fingerprint density at radius 3 is 2.74 bits per heavy atom. The molecule has 102 valence electrons. The van der Waals surface area contributed by atoms with Crippen LogP contribution >= 0.6 is 0 Å². The van der Waals surface area contributed by atoms with Crippen LogP contribution in [-0.2, 0) is 4.79 Å². The van der Waals surface area contributed by atoms with Crippen molar-refractivity contribution in [2.24, 2.45) is 5.92 Å². The molecule has 3 rings (SSSR count). The van der Waals surface area contributed by atoms with E-state index in [0.717, 1.165) is 31.8 Å². The molecule has 1 aliphatic carbocycles. The van der Waals surface area contributed by atoms with E-state index in [1.165, 1.54) is 18.4 Å². The quantitative estimate of drug-likeness (QED) is 0.762. The lowest BCUT2D eigenvalue weighted by molar-refractivity contribution is -0.131. The first kappa shape index (κ1) is 12.4. The number of likely N-dealkylation sites (tertiary alicyclic amines) is 1. The van der Waals surface area contributed by atoms with Crippen molar-refractivity contribution in [1.82, 2.24) is 19.9 Å². The molecule has 2 fully saturated rings. The fourth-order valence-electron chi connectivity index (χ4n) is 2.76. The lowest BCUT2D eigenvalue weighted by Gasteiger charge is -2.38. The Labute approximate surface area is 113 Å². The molecular weight excluding hydrogens is 240 g/mol. The van der Waals surface area contributed by atoms with Crippen LogP contribution in [0.5, 0.6) is 0 Å². The molecule has 19 heavy (non-hydrogen) atoms. The molecule has 1 saturated heterocycles. The van der Waals surface area contributed by atoms with E-state index in [-0.39, 0.29) is 5.91 Å². The lowest BCUT2D eigenvalue weighted by atomic mass is 9.87. The summed E-state index contributed by atoms with van der Waals surface area (Å²) >= 11 is 0. The van der Waals surface area contributed by atoms with Gasteiger partial charge in [-0.15, -0.1) is 5.10 Å². The van der Waals surface area contributed by atoms with Crippen molar-refractivity contribution in [3.63, 3.8) is 0 Å². The number of carbonyl (C=O) groups excluding carboxylic acids is 1. The number of hydrogen-bond acceptors (Lipinski definition) is 3. The monoisotopic (exact) mass is 260 g/mol. The smallest absolute Gasteiger partial charge is 0.246 e. The number of carbonyl (C=O) groups is 1. The molecule has 0 N–H and O–H groups in total. The molecule has 0 atom stereocenters. The molecule has 0 unspecified atom stereocenters. The zero-order valence-electron chi connectivity index (χ0n) is 11.3. The van der Waals surface area contributed by atoms with Crippen molar-refractivity contribution < 1.29 is 4.79 Å². The van der Waals surface area contributed by atoms with Gasteiger partial charge in [0.05, 0.1) is 12.2 Å². The van der Waals surface area contributed by atoms with Crippen LogP contribution in [0.25, 0.3) is 0 Å². The maximum absolute atomic E-state index is 12.1. The van der Waals surface area contributed by atoms with Gasteiger partial charge in [0.25, 0.3) is 0 Å². The molecule has 1 aromatic rings. The molecular formula is C14H20N4O. The second-order valence-corrected chi connectivity index (χ2v) is 5.77. The highest BCUT2D eigenvalue weighted by atomic mass is 16.2. The average Bonchev–Trinajstić information content (AvgIpc) is 2.84. The molecule has 0 aromatic carbocycles. The fraction of sp³-hybridized carbons (Fsp3) is 0.643. The lowest BCUT2D eigenvalue weighted by Crippen LogP contribution is -2.50. The van der Waals surface area contributed by atoms with Crippen LogP contribution < -0.4 is 0 Å². The van der Waals surface area contributed by atoms with Crippen LogP contribution in [0.1, 0.15) is 38.6 Å². The second-order valence-electron chi connectivity index (χ2n) is 5.77. The standard InChI is InChI=1S/C14H20N4O/c1-11-2-4-12(5-3-11)8-14(19)17-9-13(10-17)18-7-6-15-16-18/h6-8,11,13H,2-5,9-10H2,1H3. The minimum absolute atomic E-state index is 0.168. The maximum Gasteiger partial charge on any atom is 0.246 e. The van der Waals surface area contributed by atoms with Gasteiger partial charge >= 0.3 is 0 Å². The van der Waals surface area contributed by atoms with Crippen molar-refractivity contribution in [1.29, 1.82) is 0 Å². The maximum atomic E-state index is 12.1. The number of hydrogen-bond donors (Lipinski definition) is 0. The van der Waals surface area contributed by atoms with E-state index in [2.05, 4.69) is 17.2 Å². The molecule has 0 radical (unpaired) electrons. The highest BCUT2D eigenvalue weighted by Gasteiger charge is 2.31. The molecule has 1 amide bonds. The summed E-state index contributed by atoms with van der Waals surface area (Å²) in [6.07, 6.45) is 10.0. The van der Waals surface area contributed by atoms with Crippen LogP contribution in [0.15, 0.2) is 24.0 Å². The van der Waals surface area contributed by atoms with E-state index in [4.69, 9.17) is 0 Å². The van der Waals surface area contributed by atoms with Gasteiger partial charge in [-0.2, -0.15) is 0 Å². The normalized spacial score (nSPS) is 24.2. The zero-order chi connectivity index (χ0) is 13.2. The van der Waals surface area contributed by atoms with Gasteiger partial charge < -0.3 is 4.90 Å². The first-order valence-corrected chi connectivity index (χ1v) is 7.06. The molecule has 5 nitrogen and oxygen atoms in total. The molecule has 1 aliphatic heterocycles. The highest BCUT2D eigenvalue weighted by molar-refractivity contribution is 5.89. The average molecular weight is 260 g/mol. The Balaban J connectivity index is 1.51. The third kappa shape index (κ3) is 2.69.